The maximum atomic E-state index is 12.8. The minimum Gasteiger partial charge on any atom is -0.434 e. The van der Waals surface area contributed by atoms with Gasteiger partial charge in [-0.1, -0.05) is 0 Å². The number of carbonyl (C=O) groups excluding carboxylic acids is 3. The van der Waals surface area contributed by atoms with Crippen LogP contribution in [0.25, 0.3) is 11.0 Å². The summed E-state index contributed by atoms with van der Waals surface area (Å²) in [5.41, 5.74) is 2.81. The van der Waals surface area contributed by atoms with E-state index in [1.807, 2.05) is 17.0 Å². The van der Waals surface area contributed by atoms with E-state index in [9.17, 15) is 14.4 Å². The van der Waals surface area contributed by atoms with Crippen LogP contribution in [0.1, 0.15) is 40.5 Å². The van der Waals surface area contributed by atoms with Gasteiger partial charge < -0.3 is 24.7 Å². The molecule has 0 unspecified atom stereocenters. The molecule has 0 atom stereocenters. The first-order chi connectivity index (χ1) is 16.0. The van der Waals surface area contributed by atoms with Crippen molar-refractivity contribution in [1.29, 1.82) is 0 Å². The molecule has 4 rings (SSSR count). The molecule has 172 valence electrons. The Bertz CT molecular complexity index is 1130. The maximum Gasteiger partial charge on any atom is 0.513 e. The third kappa shape index (κ3) is 5.49. The predicted octanol–water partition coefficient (Wildman–Crippen LogP) is 3.38. The summed E-state index contributed by atoms with van der Waals surface area (Å²) in [5, 5.41) is 2.96. The third-order valence-electron chi connectivity index (χ3n) is 5.70. The molecule has 9 nitrogen and oxygen atoms in total. The van der Waals surface area contributed by atoms with Crippen LogP contribution in [-0.2, 0) is 4.74 Å². The Morgan fingerprint density at radius 2 is 1.82 bits per heavy atom. The van der Waals surface area contributed by atoms with E-state index in [1.54, 1.807) is 43.6 Å². The highest BCUT2D eigenvalue weighted by Gasteiger charge is 2.24. The van der Waals surface area contributed by atoms with Gasteiger partial charge >= 0.3 is 6.16 Å². The fourth-order valence-electron chi connectivity index (χ4n) is 3.85. The Morgan fingerprint density at radius 3 is 2.55 bits per heavy atom. The molecule has 2 amide bonds. The third-order valence-corrected chi connectivity index (χ3v) is 5.70. The van der Waals surface area contributed by atoms with Crippen molar-refractivity contribution in [2.75, 3.05) is 26.2 Å². The van der Waals surface area contributed by atoms with Crippen molar-refractivity contribution in [3.63, 3.8) is 0 Å². The van der Waals surface area contributed by atoms with Crippen LogP contribution in [0.3, 0.4) is 0 Å². The summed E-state index contributed by atoms with van der Waals surface area (Å²) in [6, 6.07) is 11.8. The minimum atomic E-state index is -0.776. The molecule has 1 aliphatic heterocycles. The number of ether oxygens (including phenoxy) is 2. The van der Waals surface area contributed by atoms with Crippen molar-refractivity contribution >= 4 is 29.0 Å². The fourth-order valence-corrected chi connectivity index (χ4v) is 3.85. The van der Waals surface area contributed by atoms with E-state index >= 15 is 0 Å². The van der Waals surface area contributed by atoms with Crippen molar-refractivity contribution in [2.45, 2.75) is 19.8 Å². The Labute approximate surface area is 191 Å². The molecule has 2 N–H and O–H groups in total. The first-order valence-corrected chi connectivity index (χ1v) is 11.0. The van der Waals surface area contributed by atoms with Crippen LogP contribution < -0.4 is 10.1 Å². The summed E-state index contributed by atoms with van der Waals surface area (Å²) in [4.78, 5) is 45.7. The van der Waals surface area contributed by atoms with Gasteiger partial charge in [-0.3, -0.25) is 9.59 Å². The molecule has 3 aromatic rings. The molecule has 2 aromatic carbocycles. The molecule has 0 aliphatic carbocycles. The molecule has 1 aromatic heterocycles. The van der Waals surface area contributed by atoms with Crippen LogP contribution in [0.5, 0.6) is 5.75 Å². The van der Waals surface area contributed by atoms with Gasteiger partial charge in [-0.05, 0) is 68.1 Å². The maximum absolute atomic E-state index is 12.8. The summed E-state index contributed by atoms with van der Waals surface area (Å²) in [5.74, 6) is 0.441. The normalized spacial score (nSPS) is 14.2. The monoisotopic (exact) mass is 450 g/mol. The highest BCUT2D eigenvalue weighted by Crippen LogP contribution is 2.20. The second kappa shape index (κ2) is 10.2. The summed E-state index contributed by atoms with van der Waals surface area (Å²) in [7, 11) is 0. The number of nitrogens with zero attached hydrogens (tertiary/aromatic N) is 2. The van der Waals surface area contributed by atoms with Crippen LogP contribution >= 0.6 is 0 Å². The van der Waals surface area contributed by atoms with Crippen molar-refractivity contribution < 1.29 is 23.9 Å². The van der Waals surface area contributed by atoms with Crippen molar-refractivity contribution in [1.82, 2.24) is 20.2 Å². The average molecular weight is 450 g/mol. The van der Waals surface area contributed by atoms with Gasteiger partial charge in [0.15, 0.2) is 0 Å². The molecular formula is C24H26N4O5. The smallest absolute Gasteiger partial charge is 0.434 e. The van der Waals surface area contributed by atoms with Gasteiger partial charge in [0.05, 0.1) is 24.0 Å². The summed E-state index contributed by atoms with van der Waals surface area (Å²) < 4.78 is 9.71. The number of H-pyrrole nitrogens is 1. The molecule has 0 spiro atoms. The number of likely N-dealkylation sites (tertiary alicyclic amines) is 1. The molecule has 1 aliphatic rings. The summed E-state index contributed by atoms with van der Waals surface area (Å²) in [6.07, 6.45) is 2.49. The van der Waals surface area contributed by atoms with E-state index in [2.05, 4.69) is 15.3 Å². The molecule has 2 heterocycles. The van der Waals surface area contributed by atoms with E-state index in [4.69, 9.17) is 9.47 Å². The molecular weight excluding hydrogens is 424 g/mol. The van der Waals surface area contributed by atoms with Gasteiger partial charge in [0, 0.05) is 30.8 Å². The van der Waals surface area contributed by atoms with Crippen molar-refractivity contribution in [2.24, 2.45) is 5.92 Å². The quantitative estimate of drug-likeness (QED) is 0.440. The number of aromatic nitrogens is 2. The van der Waals surface area contributed by atoms with Gasteiger partial charge in [-0.15, -0.1) is 0 Å². The second-order valence-electron chi connectivity index (χ2n) is 7.89. The van der Waals surface area contributed by atoms with Crippen LogP contribution in [0.15, 0.2) is 48.8 Å². The lowest BCUT2D eigenvalue weighted by atomic mass is 9.96. The van der Waals surface area contributed by atoms with Crippen LogP contribution in [0.2, 0.25) is 0 Å². The topological polar surface area (TPSA) is 114 Å². The number of hydrogen-bond donors (Lipinski definition) is 2. The number of nitrogens with one attached hydrogen (secondary N) is 2. The summed E-state index contributed by atoms with van der Waals surface area (Å²) in [6.45, 7) is 3.77. The number of fused-ring (bicyclic) bond motifs is 1. The number of piperidine rings is 1. The van der Waals surface area contributed by atoms with Crippen LogP contribution in [0.4, 0.5) is 4.79 Å². The van der Waals surface area contributed by atoms with E-state index in [0.717, 1.165) is 23.9 Å². The molecule has 0 saturated carbocycles. The van der Waals surface area contributed by atoms with Crippen molar-refractivity contribution in [3.8, 4) is 5.75 Å². The van der Waals surface area contributed by atoms with E-state index in [-0.39, 0.29) is 18.4 Å². The molecule has 1 fully saturated rings. The number of carbonyl (C=O) groups is 3. The average Bonchev–Trinajstić information content (AvgIpc) is 3.31. The van der Waals surface area contributed by atoms with Gasteiger partial charge in [-0.25, -0.2) is 9.78 Å². The zero-order valence-corrected chi connectivity index (χ0v) is 18.4. The van der Waals surface area contributed by atoms with Crippen LogP contribution in [-0.4, -0.2) is 59.1 Å². The van der Waals surface area contributed by atoms with Crippen molar-refractivity contribution in [3.05, 3.63) is 59.9 Å². The largest absolute Gasteiger partial charge is 0.513 e. The lowest BCUT2D eigenvalue weighted by Crippen LogP contribution is -2.41. The zero-order valence-electron chi connectivity index (χ0n) is 18.4. The number of imidazole rings is 1. The van der Waals surface area contributed by atoms with Gasteiger partial charge in [0.2, 0.25) is 0 Å². The van der Waals surface area contributed by atoms with E-state index < -0.39 is 6.16 Å². The standard InChI is InChI=1S/C24H26N4O5/c1-2-32-24(31)33-19-6-3-17(4-7-19)22(29)25-14-16-9-11-28(12-10-16)23(30)18-5-8-20-21(13-18)27-15-26-20/h3-8,13,15-16H,2,9-12,14H2,1H3,(H,25,29)(H,26,27). The first kappa shape index (κ1) is 22.3. The molecule has 1 saturated heterocycles. The predicted molar refractivity (Wildman–Crippen MR) is 121 cm³/mol. The Kier molecular flexibility index (Phi) is 6.87. The number of hydrogen-bond acceptors (Lipinski definition) is 6. The van der Waals surface area contributed by atoms with Gasteiger partial charge in [0.25, 0.3) is 11.8 Å². The van der Waals surface area contributed by atoms with Gasteiger partial charge in [-0.2, -0.15) is 0 Å². The second-order valence-corrected chi connectivity index (χ2v) is 7.89. The Hall–Kier alpha value is -3.88. The molecule has 0 bridgehead atoms. The number of benzene rings is 2. The first-order valence-electron chi connectivity index (χ1n) is 11.0. The molecule has 9 heteroatoms. The zero-order chi connectivity index (χ0) is 23.2. The SMILES string of the molecule is CCOC(=O)Oc1ccc(C(=O)NCC2CCN(C(=O)c3ccc4nc[nH]c4c3)CC2)cc1. The number of aromatic amines is 1. The fraction of sp³-hybridized carbons (Fsp3) is 0.333. The summed E-state index contributed by atoms with van der Waals surface area (Å²) >= 11 is 0. The van der Waals surface area contributed by atoms with E-state index in [1.165, 1.54) is 0 Å². The lowest BCUT2D eigenvalue weighted by molar-refractivity contribution is 0.0684. The number of rotatable bonds is 6. The Balaban J connectivity index is 1.23. The highest BCUT2D eigenvalue weighted by molar-refractivity contribution is 5.97. The number of amides is 2. The lowest BCUT2D eigenvalue weighted by Gasteiger charge is -2.32. The minimum absolute atomic E-state index is 0.0131. The van der Waals surface area contributed by atoms with Gasteiger partial charge in [0.1, 0.15) is 5.75 Å². The van der Waals surface area contributed by atoms with E-state index in [0.29, 0.717) is 42.4 Å². The highest BCUT2D eigenvalue weighted by atomic mass is 16.7. The Morgan fingerprint density at radius 1 is 1.09 bits per heavy atom. The molecule has 33 heavy (non-hydrogen) atoms. The van der Waals surface area contributed by atoms with Crippen LogP contribution in [0, 0.1) is 5.92 Å². The molecule has 0 radical (unpaired) electrons.